The van der Waals surface area contributed by atoms with E-state index in [2.05, 4.69) is 4.98 Å². The Balaban J connectivity index is 1.97. The predicted octanol–water partition coefficient (Wildman–Crippen LogP) is 4.82. The second-order valence-electron chi connectivity index (χ2n) is 4.85. The van der Waals surface area contributed by atoms with Crippen LogP contribution in [0, 0.1) is 0 Å². The summed E-state index contributed by atoms with van der Waals surface area (Å²) < 4.78 is 0. The van der Waals surface area contributed by atoms with E-state index in [1.165, 1.54) is 0 Å². The number of aliphatic hydroxyl groups is 1. The molecule has 2 nitrogen and oxygen atoms in total. The van der Waals surface area contributed by atoms with Crippen molar-refractivity contribution in [2.75, 3.05) is 0 Å². The lowest BCUT2D eigenvalue weighted by molar-refractivity contribution is 0.179. The summed E-state index contributed by atoms with van der Waals surface area (Å²) >= 11 is 12.2. The lowest BCUT2D eigenvalue weighted by atomic mass is 9.99. The van der Waals surface area contributed by atoms with Crippen LogP contribution in [0.15, 0.2) is 54.7 Å². The molecule has 21 heavy (non-hydrogen) atoms. The molecule has 2 aromatic carbocycles. The lowest BCUT2D eigenvalue weighted by Gasteiger charge is -2.14. The Morgan fingerprint density at radius 2 is 1.81 bits per heavy atom. The molecular weight excluding hydrogens is 305 g/mol. The van der Waals surface area contributed by atoms with Crippen LogP contribution in [-0.4, -0.2) is 10.1 Å². The molecule has 0 aliphatic carbocycles. The normalized spacial score (nSPS) is 12.5. The van der Waals surface area contributed by atoms with Gasteiger partial charge in [-0.2, -0.15) is 0 Å². The van der Waals surface area contributed by atoms with Crippen LogP contribution >= 0.6 is 23.2 Å². The molecule has 1 aromatic heterocycles. The topological polar surface area (TPSA) is 33.1 Å². The lowest BCUT2D eigenvalue weighted by Crippen LogP contribution is -2.03. The fourth-order valence-corrected chi connectivity index (χ4v) is 2.86. The smallest absolute Gasteiger partial charge is 0.0845 e. The fourth-order valence-electron chi connectivity index (χ4n) is 2.43. The van der Waals surface area contributed by atoms with Crippen LogP contribution in [0.4, 0.5) is 0 Å². The predicted molar refractivity (Wildman–Crippen MR) is 86.9 cm³/mol. The van der Waals surface area contributed by atoms with Crippen LogP contribution in [-0.2, 0) is 6.42 Å². The molecule has 106 valence electrons. The summed E-state index contributed by atoms with van der Waals surface area (Å²) in [6, 6.07) is 15.1. The molecule has 0 spiro atoms. The summed E-state index contributed by atoms with van der Waals surface area (Å²) in [7, 11) is 0. The second kappa shape index (κ2) is 6.02. The van der Waals surface area contributed by atoms with Gasteiger partial charge in [0.15, 0.2) is 0 Å². The molecule has 0 fully saturated rings. The third kappa shape index (κ3) is 2.88. The maximum Gasteiger partial charge on any atom is 0.0845 e. The highest BCUT2D eigenvalue weighted by Crippen LogP contribution is 2.32. The van der Waals surface area contributed by atoms with Crippen LogP contribution in [0.5, 0.6) is 0 Å². The van der Waals surface area contributed by atoms with Gasteiger partial charge in [0.05, 0.1) is 21.7 Å². The first kappa shape index (κ1) is 14.3. The first-order valence-corrected chi connectivity index (χ1v) is 7.37. The van der Waals surface area contributed by atoms with Gasteiger partial charge < -0.3 is 5.11 Å². The van der Waals surface area contributed by atoms with E-state index < -0.39 is 6.10 Å². The summed E-state index contributed by atoms with van der Waals surface area (Å²) in [6.07, 6.45) is 1.51. The molecule has 1 heterocycles. The number of aliphatic hydroxyl groups excluding tert-OH is 1. The molecule has 1 atom stereocenters. The van der Waals surface area contributed by atoms with E-state index in [0.717, 1.165) is 16.5 Å². The maximum atomic E-state index is 10.5. The number of fused-ring (bicyclic) bond motifs is 1. The van der Waals surface area contributed by atoms with Crippen molar-refractivity contribution < 1.29 is 5.11 Å². The number of halogens is 2. The van der Waals surface area contributed by atoms with Crippen molar-refractivity contribution in [3.8, 4) is 0 Å². The van der Waals surface area contributed by atoms with Gasteiger partial charge in [0.2, 0.25) is 0 Å². The fraction of sp³-hybridized carbons (Fsp3) is 0.118. The van der Waals surface area contributed by atoms with Gasteiger partial charge in [0.1, 0.15) is 0 Å². The van der Waals surface area contributed by atoms with Gasteiger partial charge in [0.25, 0.3) is 0 Å². The average molecular weight is 318 g/mol. The van der Waals surface area contributed by atoms with Gasteiger partial charge in [0, 0.05) is 23.6 Å². The molecule has 0 aliphatic rings. The summed E-state index contributed by atoms with van der Waals surface area (Å²) in [5.41, 5.74) is 2.59. The summed E-state index contributed by atoms with van der Waals surface area (Å²) in [5.74, 6) is 0. The third-order valence-electron chi connectivity index (χ3n) is 3.49. The molecule has 0 radical (unpaired) electrons. The number of nitrogens with zero attached hydrogens (tertiary/aromatic N) is 1. The van der Waals surface area contributed by atoms with Gasteiger partial charge in [-0.25, -0.2) is 0 Å². The molecule has 0 amide bonds. The number of aromatic nitrogens is 1. The van der Waals surface area contributed by atoms with Gasteiger partial charge >= 0.3 is 0 Å². The summed E-state index contributed by atoms with van der Waals surface area (Å²) in [6.45, 7) is 0. The minimum atomic E-state index is -0.706. The van der Waals surface area contributed by atoms with Crippen LogP contribution in [0.1, 0.15) is 17.2 Å². The first-order valence-electron chi connectivity index (χ1n) is 6.61. The monoisotopic (exact) mass is 317 g/mol. The van der Waals surface area contributed by atoms with E-state index in [4.69, 9.17) is 23.2 Å². The largest absolute Gasteiger partial charge is 0.388 e. The zero-order chi connectivity index (χ0) is 14.8. The van der Waals surface area contributed by atoms with Crippen molar-refractivity contribution in [2.45, 2.75) is 12.5 Å². The molecule has 0 saturated carbocycles. The second-order valence-corrected chi connectivity index (χ2v) is 5.64. The Morgan fingerprint density at radius 1 is 1.00 bits per heavy atom. The SMILES string of the molecule is OC(Cc1ccnc2ccccc12)c1cccc(Cl)c1Cl. The van der Waals surface area contributed by atoms with Crippen molar-refractivity contribution in [1.29, 1.82) is 0 Å². The third-order valence-corrected chi connectivity index (χ3v) is 4.33. The maximum absolute atomic E-state index is 10.5. The molecule has 3 aromatic rings. The number of rotatable bonds is 3. The Labute approximate surface area is 133 Å². The highest BCUT2D eigenvalue weighted by atomic mass is 35.5. The Kier molecular flexibility index (Phi) is 4.11. The van der Waals surface area contributed by atoms with Crippen molar-refractivity contribution in [3.63, 3.8) is 0 Å². The minimum Gasteiger partial charge on any atom is -0.388 e. The number of benzene rings is 2. The number of para-hydroxylation sites is 1. The molecule has 3 rings (SSSR count). The van der Waals surface area contributed by atoms with Crippen LogP contribution in [0.3, 0.4) is 0 Å². The molecule has 4 heteroatoms. The van der Waals surface area contributed by atoms with E-state index >= 15 is 0 Å². The Morgan fingerprint density at radius 3 is 2.67 bits per heavy atom. The summed E-state index contributed by atoms with van der Waals surface area (Å²) in [5, 5.41) is 12.4. The van der Waals surface area contributed by atoms with Gasteiger partial charge in [-0.3, -0.25) is 4.98 Å². The molecule has 1 N–H and O–H groups in total. The van der Waals surface area contributed by atoms with E-state index in [1.807, 2.05) is 30.3 Å². The van der Waals surface area contributed by atoms with E-state index in [0.29, 0.717) is 22.0 Å². The standard InChI is InChI=1S/C17H13Cl2NO/c18-14-6-3-5-13(17(14)19)16(21)10-11-8-9-20-15-7-2-1-4-12(11)15/h1-9,16,21H,10H2. The Hall–Kier alpha value is -1.61. The summed E-state index contributed by atoms with van der Waals surface area (Å²) in [4.78, 5) is 4.32. The molecule has 0 aliphatic heterocycles. The van der Waals surface area contributed by atoms with E-state index in [1.54, 1.807) is 24.4 Å². The van der Waals surface area contributed by atoms with Gasteiger partial charge in [-0.05, 0) is 23.8 Å². The van der Waals surface area contributed by atoms with Crippen molar-refractivity contribution in [3.05, 3.63) is 75.9 Å². The van der Waals surface area contributed by atoms with Crippen molar-refractivity contribution in [1.82, 2.24) is 4.98 Å². The molecule has 0 saturated heterocycles. The minimum absolute atomic E-state index is 0.407. The van der Waals surface area contributed by atoms with E-state index in [9.17, 15) is 5.11 Å². The molecular formula is C17H13Cl2NO. The highest BCUT2D eigenvalue weighted by Gasteiger charge is 2.15. The zero-order valence-corrected chi connectivity index (χ0v) is 12.6. The van der Waals surface area contributed by atoms with Crippen LogP contribution < -0.4 is 0 Å². The van der Waals surface area contributed by atoms with Gasteiger partial charge in [-0.1, -0.05) is 53.5 Å². The molecule has 1 unspecified atom stereocenters. The van der Waals surface area contributed by atoms with Crippen molar-refractivity contribution >= 4 is 34.1 Å². The van der Waals surface area contributed by atoms with Crippen molar-refractivity contribution in [2.24, 2.45) is 0 Å². The zero-order valence-electron chi connectivity index (χ0n) is 11.1. The first-order chi connectivity index (χ1) is 10.2. The average Bonchev–Trinajstić information content (AvgIpc) is 2.50. The quantitative estimate of drug-likeness (QED) is 0.751. The molecule has 0 bridgehead atoms. The number of hydrogen-bond donors (Lipinski definition) is 1. The number of hydrogen-bond acceptors (Lipinski definition) is 2. The Bertz CT molecular complexity index is 783. The van der Waals surface area contributed by atoms with E-state index in [-0.39, 0.29) is 0 Å². The van der Waals surface area contributed by atoms with Crippen LogP contribution in [0.2, 0.25) is 10.0 Å². The van der Waals surface area contributed by atoms with Crippen LogP contribution in [0.25, 0.3) is 10.9 Å². The highest BCUT2D eigenvalue weighted by molar-refractivity contribution is 6.42. The number of pyridine rings is 1. The van der Waals surface area contributed by atoms with Gasteiger partial charge in [-0.15, -0.1) is 0 Å².